The Bertz CT molecular complexity index is 386. The molecular formula is C12H18BrN3O. The van der Waals surface area contributed by atoms with Crippen molar-refractivity contribution in [2.45, 2.75) is 25.3 Å². The normalized spacial score (nSPS) is 21.4. The first kappa shape index (κ1) is 12.6. The topological polar surface area (TPSA) is 51.4 Å². The molecule has 2 heterocycles. The van der Waals surface area contributed by atoms with Crippen molar-refractivity contribution in [2.75, 3.05) is 25.9 Å². The Morgan fingerprint density at radius 2 is 2.41 bits per heavy atom. The van der Waals surface area contributed by atoms with Crippen molar-refractivity contribution in [1.29, 1.82) is 0 Å². The SMILES string of the molecule is CN1CCCCC1COc1ncc(N)cc1Br. The molecule has 0 radical (unpaired) electrons. The highest BCUT2D eigenvalue weighted by molar-refractivity contribution is 9.10. The highest BCUT2D eigenvalue weighted by Gasteiger charge is 2.19. The number of likely N-dealkylation sites (tertiary alicyclic amines) is 1. The number of nitrogens with two attached hydrogens (primary N) is 1. The van der Waals surface area contributed by atoms with E-state index >= 15 is 0 Å². The molecule has 0 aliphatic carbocycles. The second kappa shape index (κ2) is 5.69. The largest absolute Gasteiger partial charge is 0.475 e. The van der Waals surface area contributed by atoms with Crippen LogP contribution >= 0.6 is 15.9 Å². The van der Waals surface area contributed by atoms with E-state index in [2.05, 4.69) is 32.9 Å². The molecule has 1 aliphatic heterocycles. The second-order valence-corrected chi connectivity index (χ2v) is 5.35. The van der Waals surface area contributed by atoms with E-state index in [-0.39, 0.29) is 0 Å². The van der Waals surface area contributed by atoms with Crippen molar-refractivity contribution in [2.24, 2.45) is 0 Å². The number of nitrogen functional groups attached to an aromatic ring is 1. The van der Waals surface area contributed by atoms with Gasteiger partial charge in [0.05, 0.1) is 16.4 Å². The number of hydrogen-bond acceptors (Lipinski definition) is 4. The summed E-state index contributed by atoms with van der Waals surface area (Å²) in [4.78, 5) is 6.53. The van der Waals surface area contributed by atoms with Gasteiger partial charge in [0.1, 0.15) is 6.61 Å². The smallest absolute Gasteiger partial charge is 0.228 e. The molecule has 1 atom stereocenters. The van der Waals surface area contributed by atoms with Gasteiger partial charge in [-0.05, 0) is 48.4 Å². The molecule has 1 unspecified atom stereocenters. The zero-order valence-corrected chi connectivity index (χ0v) is 11.6. The van der Waals surface area contributed by atoms with Gasteiger partial charge in [0.2, 0.25) is 5.88 Å². The summed E-state index contributed by atoms with van der Waals surface area (Å²) < 4.78 is 6.56. The van der Waals surface area contributed by atoms with E-state index in [1.165, 1.54) is 19.3 Å². The van der Waals surface area contributed by atoms with Crippen molar-refractivity contribution in [3.05, 3.63) is 16.7 Å². The van der Waals surface area contributed by atoms with Crippen molar-refractivity contribution >= 4 is 21.6 Å². The van der Waals surface area contributed by atoms with Gasteiger partial charge in [-0.3, -0.25) is 0 Å². The molecule has 1 aromatic rings. The summed E-state index contributed by atoms with van der Waals surface area (Å²) in [7, 11) is 2.15. The number of halogens is 1. The van der Waals surface area contributed by atoms with Gasteiger partial charge in [0, 0.05) is 6.04 Å². The number of rotatable bonds is 3. The average molecular weight is 300 g/mol. The third-order valence-electron chi connectivity index (χ3n) is 3.16. The molecule has 4 nitrogen and oxygen atoms in total. The van der Waals surface area contributed by atoms with Crippen LogP contribution in [-0.2, 0) is 0 Å². The van der Waals surface area contributed by atoms with E-state index in [4.69, 9.17) is 10.5 Å². The van der Waals surface area contributed by atoms with E-state index in [1.54, 1.807) is 6.20 Å². The van der Waals surface area contributed by atoms with Crippen LogP contribution in [0.4, 0.5) is 5.69 Å². The average Bonchev–Trinajstić information content (AvgIpc) is 2.30. The molecular weight excluding hydrogens is 282 g/mol. The first-order valence-electron chi connectivity index (χ1n) is 5.91. The predicted molar refractivity (Wildman–Crippen MR) is 72.1 cm³/mol. The molecule has 0 aromatic carbocycles. The first-order valence-corrected chi connectivity index (χ1v) is 6.70. The lowest BCUT2D eigenvalue weighted by Gasteiger charge is -2.32. The Labute approximate surface area is 110 Å². The van der Waals surface area contributed by atoms with Gasteiger partial charge in [-0.25, -0.2) is 4.98 Å². The molecule has 0 bridgehead atoms. The minimum absolute atomic E-state index is 0.495. The first-order chi connectivity index (χ1) is 8.16. The number of anilines is 1. The number of nitrogens with zero attached hydrogens (tertiary/aromatic N) is 2. The third-order valence-corrected chi connectivity index (χ3v) is 3.73. The molecule has 0 saturated carbocycles. The minimum atomic E-state index is 0.495. The summed E-state index contributed by atoms with van der Waals surface area (Å²) in [6.45, 7) is 1.84. The summed E-state index contributed by atoms with van der Waals surface area (Å²) in [5, 5.41) is 0. The van der Waals surface area contributed by atoms with Crippen molar-refractivity contribution < 1.29 is 4.74 Å². The van der Waals surface area contributed by atoms with E-state index in [9.17, 15) is 0 Å². The Hall–Kier alpha value is -0.810. The van der Waals surface area contributed by atoms with Crippen LogP contribution in [0.5, 0.6) is 5.88 Å². The fourth-order valence-electron chi connectivity index (χ4n) is 2.08. The van der Waals surface area contributed by atoms with Crippen molar-refractivity contribution in [1.82, 2.24) is 9.88 Å². The van der Waals surface area contributed by atoms with Gasteiger partial charge in [-0.1, -0.05) is 6.42 Å². The van der Waals surface area contributed by atoms with Gasteiger partial charge in [0.25, 0.3) is 0 Å². The van der Waals surface area contributed by atoms with Gasteiger partial charge < -0.3 is 15.4 Å². The lowest BCUT2D eigenvalue weighted by atomic mass is 10.0. The molecule has 1 aromatic heterocycles. The van der Waals surface area contributed by atoms with Gasteiger partial charge >= 0.3 is 0 Å². The molecule has 17 heavy (non-hydrogen) atoms. The van der Waals surface area contributed by atoms with Crippen LogP contribution in [0.3, 0.4) is 0 Å². The maximum absolute atomic E-state index is 5.75. The second-order valence-electron chi connectivity index (χ2n) is 4.50. The molecule has 0 spiro atoms. The molecule has 2 N–H and O–H groups in total. The quantitative estimate of drug-likeness (QED) is 0.930. The minimum Gasteiger partial charge on any atom is -0.475 e. The summed E-state index contributed by atoms with van der Waals surface area (Å²) in [5.41, 5.74) is 6.27. The maximum atomic E-state index is 5.75. The van der Waals surface area contributed by atoms with Gasteiger partial charge in [0.15, 0.2) is 0 Å². The highest BCUT2D eigenvalue weighted by atomic mass is 79.9. The van der Waals surface area contributed by atoms with Crippen LogP contribution < -0.4 is 10.5 Å². The van der Waals surface area contributed by atoms with Gasteiger partial charge in [-0.2, -0.15) is 0 Å². The number of ether oxygens (including phenoxy) is 1. The zero-order valence-electron chi connectivity index (χ0n) is 10.0. The van der Waals surface area contributed by atoms with Crippen molar-refractivity contribution in [3.8, 4) is 5.88 Å². The summed E-state index contributed by atoms with van der Waals surface area (Å²) >= 11 is 3.41. The summed E-state index contributed by atoms with van der Waals surface area (Å²) in [6, 6.07) is 2.31. The van der Waals surface area contributed by atoms with Gasteiger partial charge in [-0.15, -0.1) is 0 Å². The van der Waals surface area contributed by atoms with E-state index < -0.39 is 0 Å². The Kier molecular flexibility index (Phi) is 4.23. The molecule has 0 amide bonds. The number of aromatic nitrogens is 1. The summed E-state index contributed by atoms with van der Waals surface area (Å²) in [5.74, 6) is 0.623. The highest BCUT2D eigenvalue weighted by Crippen LogP contribution is 2.25. The fourth-order valence-corrected chi connectivity index (χ4v) is 2.56. The fraction of sp³-hybridized carbons (Fsp3) is 0.583. The van der Waals surface area contributed by atoms with Crippen LogP contribution in [-0.4, -0.2) is 36.1 Å². The standard InChI is InChI=1S/C12H18BrN3O/c1-16-5-3-2-4-10(16)8-17-12-11(13)6-9(14)7-15-12/h6-7,10H,2-5,8,14H2,1H3. The third kappa shape index (κ3) is 3.33. The molecule has 1 saturated heterocycles. The van der Waals surface area contributed by atoms with Crippen LogP contribution in [0.1, 0.15) is 19.3 Å². The molecule has 1 aliphatic rings. The Balaban J connectivity index is 1.92. The molecule has 94 valence electrons. The van der Waals surface area contributed by atoms with Crippen LogP contribution in [0.2, 0.25) is 0 Å². The lowest BCUT2D eigenvalue weighted by molar-refractivity contribution is 0.122. The molecule has 2 rings (SSSR count). The van der Waals surface area contributed by atoms with Crippen molar-refractivity contribution in [3.63, 3.8) is 0 Å². The van der Waals surface area contributed by atoms with Crippen LogP contribution in [0.15, 0.2) is 16.7 Å². The maximum Gasteiger partial charge on any atom is 0.228 e. The number of pyridine rings is 1. The zero-order chi connectivity index (χ0) is 12.3. The monoisotopic (exact) mass is 299 g/mol. The van der Waals surface area contributed by atoms with E-state index in [1.807, 2.05) is 6.07 Å². The molecule has 5 heteroatoms. The molecule has 1 fully saturated rings. The lowest BCUT2D eigenvalue weighted by Crippen LogP contribution is -2.40. The number of hydrogen-bond donors (Lipinski definition) is 1. The predicted octanol–water partition coefficient (Wildman–Crippen LogP) is 2.29. The Morgan fingerprint density at radius 1 is 1.59 bits per heavy atom. The van der Waals surface area contributed by atoms with E-state index in [0.717, 1.165) is 11.0 Å². The van der Waals surface area contributed by atoms with E-state index in [0.29, 0.717) is 24.2 Å². The van der Waals surface area contributed by atoms with Crippen LogP contribution in [0.25, 0.3) is 0 Å². The summed E-state index contributed by atoms with van der Waals surface area (Å²) in [6.07, 6.45) is 5.39. The van der Waals surface area contributed by atoms with Crippen LogP contribution in [0, 0.1) is 0 Å². The number of likely N-dealkylation sites (N-methyl/N-ethyl adjacent to an activating group) is 1. The Morgan fingerprint density at radius 3 is 3.12 bits per heavy atom. The number of piperidine rings is 1.